The Morgan fingerprint density at radius 2 is 1.74 bits per heavy atom. The van der Waals surface area contributed by atoms with E-state index in [0.29, 0.717) is 17.1 Å². The van der Waals surface area contributed by atoms with Crippen molar-refractivity contribution in [3.8, 4) is 11.5 Å². The average Bonchev–Trinajstić information content (AvgIpc) is 2.99. The molecule has 0 saturated carbocycles. The lowest BCUT2D eigenvalue weighted by Crippen LogP contribution is -2.50. The fourth-order valence-electron chi connectivity index (χ4n) is 4.62. The summed E-state index contributed by atoms with van der Waals surface area (Å²) in [4.78, 5) is 27.8. The fourth-order valence-corrected chi connectivity index (χ4v) is 5.81. The number of ether oxygens (including phenoxy) is 2. The topological polar surface area (TPSA) is 138 Å². The summed E-state index contributed by atoms with van der Waals surface area (Å²) < 4.78 is 52.3. The molecular formula is C30H35FN4O7S. The third-order valence-corrected chi connectivity index (χ3v) is 9.07. The molecule has 0 fully saturated rings. The van der Waals surface area contributed by atoms with Gasteiger partial charge in [0, 0.05) is 30.9 Å². The molecule has 3 atom stereocenters. The van der Waals surface area contributed by atoms with Crippen LogP contribution in [0.1, 0.15) is 24.2 Å². The molecule has 0 spiro atoms. The summed E-state index contributed by atoms with van der Waals surface area (Å²) in [6, 6.07) is 14.8. The van der Waals surface area contributed by atoms with Crippen molar-refractivity contribution in [1.82, 2.24) is 9.21 Å². The molecule has 0 aliphatic carbocycles. The van der Waals surface area contributed by atoms with Crippen molar-refractivity contribution in [3.63, 3.8) is 0 Å². The Balaban J connectivity index is 1.59. The highest BCUT2D eigenvalue weighted by Crippen LogP contribution is 2.31. The van der Waals surface area contributed by atoms with Crippen LogP contribution in [-0.4, -0.2) is 80.7 Å². The van der Waals surface area contributed by atoms with E-state index in [4.69, 9.17) is 9.47 Å². The summed E-state index contributed by atoms with van der Waals surface area (Å²) in [5.41, 5.74) is 0.992. The number of aliphatic hydroxyl groups excluding tert-OH is 1. The van der Waals surface area contributed by atoms with E-state index in [-0.39, 0.29) is 41.8 Å². The van der Waals surface area contributed by atoms with E-state index in [0.717, 1.165) is 16.4 Å². The van der Waals surface area contributed by atoms with E-state index in [9.17, 15) is 27.5 Å². The number of halogens is 1. The van der Waals surface area contributed by atoms with Gasteiger partial charge in [0.1, 0.15) is 23.4 Å². The molecule has 1 heterocycles. The van der Waals surface area contributed by atoms with Crippen LogP contribution in [0.25, 0.3) is 0 Å². The Labute approximate surface area is 250 Å². The minimum absolute atomic E-state index is 0.0652. The SMILES string of the molecule is COc1ccc(NC(=O)Nc2ccc3c(c2)C(=O)N([C@@H](C)CO)C[C@@H](C)[C@@H](CN(C)S(=O)(=O)c2ccc(F)cc2)O3)cc1. The minimum atomic E-state index is -3.97. The minimum Gasteiger partial charge on any atom is -0.497 e. The number of aliphatic hydroxyl groups is 1. The van der Waals surface area contributed by atoms with Crippen LogP contribution in [-0.2, 0) is 10.0 Å². The summed E-state index contributed by atoms with van der Waals surface area (Å²) in [6.07, 6.45) is -0.697. The molecule has 3 N–H and O–H groups in total. The lowest BCUT2D eigenvalue weighted by atomic mass is 9.99. The van der Waals surface area contributed by atoms with Gasteiger partial charge in [0.25, 0.3) is 5.91 Å². The average molecular weight is 615 g/mol. The van der Waals surface area contributed by atoms with E-state index in [1.807, 2.05) is 6.92 Å². The molecule has 230 valence electrons. The number of hydrogen-bond donors (Lipinski definition) is 3. The first-order chi connectivity index (χ1) is 20.4. The number of rotatable bonds is 9. The van der Waals surface area contributed by atoms with Crippen molar-refractivity contribution in [2.24, 2.45) is 5.92 Å². The number of anilines is 2. The van der Waals surface area contributed by atoms with Gasteiger partial charge < -0.3 is 30.1 Å². The fraction of sp³-hybridized carbons (Fsp3) is 0.333. The van der Waals surface area contributed by atoms with Crippen LogP contribution in [0.3, 0.4) is 0 Å². The molecule has 13 heteroatoms. The highest BCUT2D eigenvalue weighted by Gasteiger charge is 2.35. The molecule has 1 aliphatic rings. The van der Waals surface area contributed by atoms with Gasteiger partial charge in [0.15, 0.2) is 0 Å². The molecule has 0 radical (unpaired) electrons. The summed E-state index contributed by atoms with van der Waals surface area (Å²) in [5.74, 6) is -0.464. The standard InChI is InChI=1S/C30H35FN4O7S/c1-19-16-35(20(2)18-36)29(37)26-15-23(33-30(38)32-22-7-10-24(41-4)11-8-22)9-14-27(26)42-28(19)17-34(3)43(39,40)25-12-5-21(31)6-13-25/h5-15,19-20,28,36H,16-18H2,1-4H3,(H2,32,33,38)/t19-,20+,28-/m1/s1. The van der Waals surface area contributed by atoms with Crippen LogP contribution < -0.4 is 20.1 Å². The third-order valence-electron chi connectivity index (χ3n) is 7.23. The number of amides is 3. The molecule has 3 aromatic carbocycles. The van der Waals surface area contributed by atoms with E-state index < -0.39 is 39.9 Å². The Morgan fingerprint density at radius 3 is 2.37 bits per heavy atom. The van der Waals surface area contributed by atoms with Crippen molar-refractivity contribution in [2.75, 3.05) is 44.5 Å². The second kappa shape index (κ2) is 13.4. The van der Waals surface area contributed by atoms with Crippen molar-refractivity contribution in [1.29, 1.82) is 0 Å². The number of carbonyl (C=O) groups excluding carboxylic acids is 2. The quantitative estimate of drug-likeness (QED) is 0.331. The van der Waals surface area contributed by atoms with Crippen LogP contribution in [0, 0.1) is 11.7 Å². The first-order valence-corrected chi connectivity index (χ1v) is 15.0. The summed E-state index contributed by atoms with van der Waals surface area (Å²) in [7, 11) is -1.02. The molecule has 3 aromatic rings. The van der Waals surface area contributed by atoms with Crippen molar-refractivity contribution >= 4 is 33.3 Å². The third kappa shape index (κ3) is 7.42. The zero-order valence-corrected chi connectivity index (χ0v) is 25.1. The van der Waals surface area contributed by atoms with E-state index in [1.54, 1.807) is 44.4 Å². The molecule has 11 nitrogen and oxygen atoms in total. The van der Waals surface area contributed by atoms with E-state index in [1.165, 1.54) is 36.2 Å². The van der Waals surface area contributed by atoms with Crippen LogP contribution >= 0.6 is 0 Å². The van der Waals surface area contributed by atoms with Crippen molar-refractivity contribution in [2.45, 2.75) is 30.9 Å². The predicted molar refractivity (Wildman–Crippen MR) is 159 cm³/mol. The molecule has 0 unspecified atom stereocenters. The van der Waals surface area contributed by atoms with Gasteiger partial charge in [-0.05, 0) is 73.7 Å². The molecule has 43 heavy (non-hydrogen) atoms. The number of urea groups is 1. The van der Waals surface area contributed by atoms with Crippen molar-refractivity contribution in [3.05, 3.63) is 78.1 Å². The number of carbonyl (C=O) groups is 2. The zero-order chi connectivity index (χ0) is 31.3. The number of benzene rings is 3. The van der Waals surface area contributed by atoms with E-state index >= 15 is 0 Å². The van der Waals surface area contributed by atoms with Gasteiger partial charge in [-0.3, -0.25) is 4.79 Å². The lowest BCUT2D eigenvalue weighted by Gasteiger charge is -2.38. The molecule has 0 saturated heterocycles. The smallest absolute Gasteiger partial charge is 0.323 e. The monoisotopic (exact) mass is 614 g/mol. The Kier molecular flexibility index (Phi) is 9.89. The Bertz CT molecular complexity index is 1550. The van der Waals surface area contributed by atoms with Gasteiger partial charge in [-0.25, -0.2) is 17.6 Å². The van der Waals surface area contributed by atoms with Gasteiger partial charge in [-0.1, -0.05) is 6.92 Å². The number of nitrogens with one attached hydrogen (secondary N) is 2. The number of fused-ring (bicyclic) bond motifs is 1. The second-order valence-electron chi connectivity index (χ2n) is 10.4. The maximum atomic E-state index is 13.7. The number of sulfonamides is 1. The lowest BCUT2D eigenvalue weighted by molar-refractivity contribution is 0.0387. The maximum absolute atomic E-state index is 13.7. The predicted octanol–water partition coefficient (Wildman–Crippen LogP) is 4.02. The van der Waals surface area contributed by atoms with Crippen molar-refractivity contribution < 1.29 is 37.0 Å². The summed E-state index contributed by atoms with van der Waals surface area (Å²) in [5, 5.41) is 15.3. The summed E-state index contributed by atoms with van der Waals surface area (Å²) >= 11 is 0. The van der Waals surface area contributed by atoms with Crippen LogP contribution in [0.5, 0.6) is 11.5 Å². The van der Waals surface area contributed by atoms with Crippen LogP contribution in [0.2, 0.25) is 0 Å². The molecule has 3 amide bonds. The molecule has 4 rings (SSSR count). The number of likely N-dealkylation sites (N-methyl/N-ethyl adjacent to an activating group) is 1. The zero-order valence-electron chi connectivity index (χ0n) is 24.3. The van der Waals surface area contributed by atoms with Gasteiger partial charge in [0.05, 0.1) is 36.8 Å². The van der Waals surface area contributed by atoms with Gasteiger partial charge in [-0.2, -0.15) is 4.31 Å². The first-order valence-electron chi connectivity index (χ1n) is 13.6. The number of methoxy groups -OCH3 is 1. The van der Waals surface area contributed by atoms with Gasteiger partial charge in [0.2, 0.25) is 10.0 Å². The highest BCUT2D eigenvalue weighted by molar-refractivity contribution is 7.89. The first kappa shape index (κ1) is 31.7. The molecular weight excluding hydrogens is 579 g/mol. The molecule has 0 bridgehead atoms. The Morgan fingerprint density at radius 1 is 1.12 bits per heavy atom. The van der Waals surface area contributed by atoms with Gasteiger partial charge >= 0.3 is 6.03 Å². The molecule has 0 aromatic heterocycles. The number of hydrogen-bond acceptors (Lipinski definition) is 7. The van der Waals surface area contributed by atoms with E-state index in [2.05, 4.69) is 10.6 Å². The van der Waals surface area contributed by atoms with Gasteiger partial charge in [-0.15, -0.1) is 0 Å². The molecule has 1 aliphatic heterocycles. The second-order valence-corrected chi connectivity index (χ2v) is 12.4. The normalized spacial score (nSPS) is 17.7. The van der Waals surface area contributed by atoms with Crippen LogP contribution in [0.4, 0.5) is 20.6 Å². The highest BCUT2D eigenvalue weighted by atomic mass is 32.2. The summed E-state index contributed by atoms with van der Waals surface area (Å²) in [6.45, 7) is 3.35. The maximum Gasteiger partial charge on any atom is 0.323 e. The van der Waals surface area contributed by atoms with Crippen LogP contribution in [0.15, 0.2) is 71.6 Å². The largest absolute Gasteiger partial charge is 0.497 e. The Hall–Kier alpha value is -4.20. The number of nitrogens with zero attached hydrogens (tertiary/aromatic N) is 2.